The largest absolute Gasteiger partial charge is 0.492 e. The molecule has 6 heteroatoms. The van der Waals surface area contributed by atoms with Gasteiger partial charge in [-0.05, 0) is 91.7 Å². The van der Waals surface area contributed by atoms with Crippen molar-refractivity contribution in [3.05, 3.63) is 77.6 Å². The van der Waals surface area contributed by atoms with E-state index < -0.39 is 5.97 Å². The number of carbonyl (C=O) groups excluding carboxylic acids is 1. The van der Waals surface area contributed by atoms with Crippen LogP contribution >= 0.6 is 0 Å². The number of carboxylic acids is 1. The summed E-state index contributed by atoms with van der Waals surface area (Å²) >= 11 is 0. The Bertz CT molecular complexity index is 1310. The fraction of sp³-hybridized carbons (Fsp3) is 0.424. The third-order valence-corrected chi connectivity index (χ3v) is 8.40. The number of ether oxygens (including phenoxy) is 1. The van der Waals surface area contributed by atoms with Crippen LogP contribution in [0.1, 0.15) is 80.4 Å². The SMILES string of the molecule is CCOc1cncc(-c2ccc([C@H](C(=O)Nc3cccc([C@H](CC(=O)O)C4CC4)c3C)C3CCCC3)cc2)c1. The smallest absolute Gasteiger partial charge is 0.303 e. The molecule has 2 atom stereocenters. The van der Waals surface area contributed by atoms with Crippen molar-refractivity contribution in [3.8, 4) is 16.9 Å². The van der Waals surface area contributed by atoms with Gasteiger partial charge in [0.05, 0.1) is 25.1 Å². The summed E-state index contributed by atoms with van der Waals surface area (Å²) in [6.45, 7) is 4.55. The average molecular weight is 527 g/mol. The van der Waals surface area contributed by atoms with Crippen molar-refractivity contribution in [1.29, 1.82) is 0 Å². The predicted molar refractivity (Wildman–Crippen MR) is 153 cm³/mol. The number of nitrogens with one attached hydrogen (secondary N) is 1. The number of benzene rings is 2. The maximum absolute atomic E-state index is 13.9. The summed E-state index contributed by atoms with van der Waals surface area (Å²) in [5, 5.41) is 12.7. The fourth-order valence-corrected chi connectivity index (χ4v) is 6.25. The molecule has 39 heavy (non-hydrogen) atoms. The van der Waals surface area contributed by atoms with Crippen molar-refractivity contribution in [2.45, 2.75) is 70.6 Å². The van der Waals surface area contributed by atoms with Gasteiger partial charge >= 0.3 is 5.97 Å². The highest BCUT2D eigenvalue weighted by Gasteiger charge is 2.36. The Labute approximate surface area is 230 Å². The summed E-state index contributed by atoms with van der Waals surface area (Å²) in [5.74, 6) is 0.451. The summed E-state index contributed by atoms with van der Waals surface area (Å²) in [5.41, 5.74) is 5.84. The molecule has 2 N–H and O–H groups in total. The number of nitrogens with zero attached hydrogens (tertiary/aromatic N) is 1. The van der Waals surface area contributed by atoms with E-state index in [1.165, 1.54) is 0 Å². The van der Waals surface area contributed by atoms with Crippen LogP contribution in [0.2, 0.25) is 0 Å². The Morgan fingerprint density at radius 3 is 2.41 bits per heavy atom. The van der Waals surface area contributed by atoms with Gasteiger partial charge in [-0.15, -0.1) is 0 Å². The molecule has 0 unspecified atom stereocenters. The van der Waals surface area contributed by atoms with E-state index in [2.05, 4.69) is 34.6 Å². The lowest BCUT2D eigenvalue weighted by Gasteiger charge is -2.25. The first-order chi connectivity index (χ1) is 18.9. The molecule has 0 spiro atoms. The Balaban J connectivity index is 1.39. The molecule has 204 valence electrons. The molecule has 5 rings (SSSR count). The van der Waals surface area contributed by atoms with Crippen LogP contribution in [0.15, 0.2) is 60.9 Å². The molecule has 0 radical (unpaired) electrons. The summed E-state index contributed by atoms with van der Waals surface area (Å²) in [6.07, 6.45) is 10.2. The predicted octanol–water partition coefficient (Wildman–Crippen LogP) is 7.34. The molecular formula is C33H38N2O4. The summed E-state index contributed by atoms with van der Waals surface area (Å²) in [7, 11) is 0. The Morgan fingerprint density at radius 2 is 1.74 bits per heavy atom. The minimum atomic E-state index is -0.772. The first kappa shape index (κ1) is 26.9. The molecule has 2 aliphatic carbocycles. The number of rotatable bonds is 11. The van der Waals surface area contributed by atoms with Gasteiger partial charge < -0.3 is 15.2 Å². The number of anilines is 1. The third kappa shape index (κ3) is 6.32. The molecule has 3 aromatic rings. The Kier molecular flexibility index (Phi) is 8.30. The van der Waals surface area contributed by atoms with Crippen molar-refractivity contribution in [1.82, 2.24) is 4.98 Å². The lowest BCUT2D eigenvalue weighted by Crippen LogP contribution is -2.27. The number of aliphatic carboxylic acids is 1. The zero-order valence-corrected chi connectivity index (χ0v) is 22.9. The van der Waals surface area contributed by atoms with E-state index in [9.17, 15) is 14.7 Å². The monoisotopic (exact) mass is 526 g/mol. The molecule has 2 saturated carbocycles. The van der Waals surface area contributed by atoms with Gasteiger partial charge in [0.15, 0.2) is 0 Å². The molecule has 0 aliphatic heterocycles. The van der Waals surface area contributed by atoms with E-state index in [-0.39, 0.29) is 24.2 Å². The number of amides is 1. The summed E-state index contributed by atoms with van der Waals surface area (Å²) < 4.78 is 5.61. The Morgan fingerprint density at radius 1 is 1.00 bits per heavy atom. The topological polar surface area (TPSA) is 88.5 Å². The summed E-state index contributed by atoms with van der Waals surface area (Å²) in [4.78, 5) is 29.8. The second-order valence-corrected chi connectivity index (χ2v) is 11.0. The van der Waals surface area contributed by atoms with Crippen molar-refractivity contribution in [2.24, 2.45) is 11.8 Å². The van der Waals surface area contributed by atoms with Crippen LogP contribution in [0.5, 0.6) is 5.75 Å². The fourth-order valence-electron chi connectivity index (χ4n) is 6.25. The summed E-state index contributed by atoms with van der Waals surface area (Å²) in [6, 6.07) is 16.2. The molecule has 1 heterocycles. The second-order valence-electron chi connectivity index (χ2n) is 11.0. The molecule has 1 aromatic heterocycles. The molecule has 1 amide bonds. The first-order valence-electron chi connectivity index (χ1n) is 14.2. The van der Waals surface area contributed by atoms with Gasteiger partial charge in [0, 0.05) is 17.4 Å². The molecule has 0 bridgehead atoms. The van der Waals surface area contributed by atoms with E-state index in [0.717, 1.165) is 77.8 Å². The van der Waals surface area contributed by atoms with Gasteiger partial charge in [0.2, 0.25) is 5.91 Å². The highest BCUT2D eigenvalue weighted by molar-refractivity contribution is 5.97. The van der Waals surface area contributed by atoms with E-state index >= 15 is 0 Å². The quantitative estimate of drug-likeness (QED) is 0.273. The van der Waals surface area contributed by atoms with Crippen molar-refractivity contribution in [3.63, 3.8) is 0 Å². The molecule has 2 fully saturated rings. The van der Waals surface area contributed by atoms with Gasteiger partial charge in [-0.25, -0.2) is 0 Å². The second kappa shape index (κ2) is 12.0. The number of hydrogen-bond donors (Lipinski definition) is 2. The lowest BCUT2D eigenvalue weighted by atomic mass is 9.83. The third-order valence-electron chi connectivity index (χ3n) is 8.40. The first-order valence-corrected chi connectivity index (χ1v) is 14.2. The lowest BCUT2D eigenvalue weighted by molar-refractivity contribution is -0.137. The Hall–Kier alpha value is -3.67. The minimum Gasteiger partial charge on any atom is -0.492 e. The number of carboxylic acid groups (broad SMARTS) is 1. The van der Waals surface area contributed by atoms with E-state index in [1.54, 1.807) is 6.20 Å². The van der Waals surface area contributed by atoms with E-state index in [0.29, 0.717) is 18.4 Å². The van der Waals surface area contributed by atoms with Crippen molar-refractivity contribution in [2.75, 3.05) is 11.9 Å². The van der Waals surface area contributed by atoms with Gasteiger partial charge in [-0.1, -0.05) is 49.2 Å². The van der Waals surface area contributed by atoms with Gasteiger partial charge in [-0.3, -0.25) is 14.6 Å². The minimum absolute atomic E-state index is 0.00626. The highest BCUT2D eigenvalue weighted by Crippen LogP contribution is 2.46. The average Bonchev–Trinajstić information content (AvgIpc) is 3.64. The highest BCUT2D eigenvalue weighted by atomic mass is 16.5. The van der Waals surface area contributed by atoms with Gasteiger partial charge in [-0.2, -0.15) is 0 Å². The van der Waals surface area contributed by atoms with Crippen LogP contribution in [0.25, 0.3) is 11.1 Å². The van der Waals surface area contributed by atoms with E-state index in [1.807, 2.05) is 44.3 Å². The molecule has 0 saturated heterocycles. The van der Waals surface area contributed by atoms with Crippen LogP contribution in [0.4, 0.5) is 5.69 Å². The van der Waals surface area contributed by atoms with Gasteiger partial charge in [0.25, 0.3) is 0 Å². The molecule has 2 aliphatic rings. The normalized spacial score (nSPS) is 17.0. The van der Waals surface area contributed by atoms with Crippen LogP contribution in [-0.4, -0.2) is 28.6 Å². The van der Waals surface area contributed by atoms with Crippen LogP contribution < -0.4 is 10.1 Å². The molecule has 6 nitrogen and oxygen atoms in total. The maximum Gasteiger partial charge on any atom is 0.303 e. The zero-order valence-electron chi connectivity index (χ0n) is 22.9. The van der Waals surface area contributed by atoms with E-state index in [4.69, 9.17) is 4.74 Å². The van der Waals surface area contributed by atoms with Crippen molar-refractivity contribution < 1.29 is 19.4 Å². The number of pyridine rings is 1. The number of aromatic nitrogens is 1. The van der Waals surface area contributed by atoms with Crippen LogP contribution in [-0.2, 0) is 9.59 Å². The van der Waals surface area contributed by atoms with Gasteiger partial charge in [0.1, 0.15) is 5.75 Å². The maximum atomic E-state index is 13.9. The van der Waals surface area contributed by atoms with Crippen molar-refractivity contribution >= 4 is 17.6 Å². The van der Waals surface area contributed by atoms with Crippen LogP contribution in [0, 0.1) is 18.8 Å². The van der Waals surface area contributed by atoms with Crippen LogP contribution in [0.3, 0.4) is 0 Å². The number of hydrogen-bond acceptors (Lipinski definition) is 4. The standard InChI is InChI=1S/C33H38N2O4/c1-3-39-27-17-26(19-34-20-27)22-11-15-25(16-12-22)32(24-7-4-5-8-24)33(38)35-30-10-6-9-28(21(30)2)29(18-31(36)37)23-13-14-23/h6,9-12,15-17,19-20,23-24,29,32H,3-5,7-8,13-14,18H2,1-2H3,(H,35,38)(H,36,37)/t29-,32-/m1/s1. The molecular weight excluding hydrogens is 488 g/mol. The number of carbonyl (C=O) groups is 2. The zero-order chi connectivity index (χ0) is 27.4. The molecule has 2 aromatic carbocycles.